The lowest BCUT2D eigenvalue weighted by molar-refractivity contribution is 0.315. The maximum atomic E-state index is 5.97. The number of rotatable bonds is 5. The van der Waals surface area contributed by atoms with Crippen LogP contribution >= 0.6 is 0 Å². The Kier molecular flexibility index (Phi) is 4.53. The Morgan fingerprint density at radius 1 is 1.26 bits per heavy atom. The van der Waals surface area contributed by atoms with E-state index >= 15 is 0 Å². The molecule has 100 valence electrons. The summed E-state index contributed by atoms with van der Waals surface area (Å²) in [6, 6.07) is 12.0. The molecule has 0 aliphatic carbocycles. The molecule has 2 N–H and O–H groups in total. The molecule has 0 saturated heterocycles. The highest BCUT2D eigenvalue weighted by molar-refractivity contribution is 5.38. The van der Waals surface area contributed by atoms with E-state index in [2.05, 4.69) is 18.0 Å². The van der Waals surface area contributed by atoms with Crippen LogP contribution in [-0.2, 0) is 6.42 Å². The molecule has 0 unspecified atom stereocenters. The van der Waals surface area contributed by atoms with E-state index in [1.807, 2.05) is 37.3 Å². The number of benzene rings is 1. The highest BCUT2D eigenvalue weighted by Gasteiger charge is 2.08. The van der Waals surface area contributed by atoms with Crippen molar-refractivity contribution in [2.24, 2.45) is 5.73 Å². The third kappa shape index (κ3) is 3.80. The largest absolute Gasteiger partial charge is 0.493 e. The van der Waals surface area contributed by atoms with Crippen LogP contribution in [0.3, 0.4) is 0 Å². The number of aryl methyl sites for hydroxylation is 1. The molecule has 1 atom stereocenters. The van der Waals surface area contributed by atoms with E-state index in [-0.39, 0.29) is 6.04 Å². The maximum Gasteiger partial charge on any atom is 0.124 e. The highest BCUT2D eigenvalue weighted by Crippen LogP contribution is 2.25. The second kappa shape index (κ2) is 6.34. The Labute approximate surface area is 114 Å². The van der Waals surface area contributed by atoms with Crippen LogP contribution in [0.15, 0.2) is 42.6 Å². The maximum absolute atomic E-state index is 5.97. The fraction of sp³-hybridized carbons (Fsp3) is 0.312. The number of pyridine rings is 1. The molecule has 1 heterocycles. The van der Waals surface area contributed by atoms with Gasteiger partial charge in [-0.2, -0.15) is 0 Å². The smallest absolute Gasteiger partial charge is 0.124 e. The van der Waals surface area contributed by atoms with Crippen LogP contribution in [0.4, 0.5) is 0 Å². The first-order chi connectivity index (χ1) is 9.16. The van der Waals surface area contributed by atoms with Crippen molar-refractivity contribution in [1.29, 1.82) is 0 Å². The van der Waals surface area contributed by atoms with E-state index in [4.69, 9.17) is 10.5 Å². The summed E-state index contributed by atoms with van der Waals surface area (Å²) in [5.74, 6) is 0.872. The van der Waals surface area contributed by atoms with Crippen molar-refractivity contribution in [2.75, 3.05) is 6.61 Å². The molecule has 19 heavy (non-hydrogen) atoms. The molecule has 0 radical (unpaired) electrons. The van der Waals surface area contributed by atoms with Gasteiger partial charge in [-0.15, -0.1) is 0 Å². The van der Waals surface area contributed by atoms with Crippen molar-refractivity contribution >= 4 is 0 Å². The molecule has 3 nitrogen and oxygen atoms in total. The van der Waals surface area contributed by atoms with E-state index in [0.29, 0.717) is 6.61 Å². The molecule has 0 amide bonds. The average molecular weight is 256 g/mol. The third-order valence-electron chi connectivity index (χ3n) is 3.00. The summed E-state index contributed by atoms with van der Waals surface area (Å²) in [7, 11) is 0. The number of hydrogen-bond donors (Lipinski definition) is 1. The fourth-order valence-electron chi connectivity index (χ4n) is 1.97. The van der Waals surface area contributed by atoms with Gasteiger partial charge in [-0.05, 0) is 32.0 Å². The number of nitrogens with zero attached hydrogens (tertiary/aromatic N) is 1. The summed E-state index contributed by atoms with van der Waals surface area (Å²) in [5, 5.41) is 0. The Bertz CT molecular complexity index is 524. The van der Waals surface area contributed by atoms with Crippen LogP contribution < -0.4 is 10.5 Å². The molecular weight excluding hydrogens is 236 g/mol. The van der Waals surface area contributed by atoms with E-state index in [0.717, 1.165) is 23.4 Å². The van der Waals surface area contributed by atoms with Crippen molar-refractivity contribution in [1.82, 2.24) is 4.98 Å². The first-order valence-corrected chi connectivity index (χ1v) is 6.55. The second-order valence-corrected chi connectivity index (χ2v) is 4.75. The second-order valence-electron chi connectivity index (χ2n) is 4.75. The molecule has 0 bridgehead atoms. The minimum atomic E-state index is -0.0234. The van der Waals surface area contributed by atoms with Crippen molar-refractivity contribution < 1.29 is 4.74 Å². The third-order valence-corrected chi connectivity index (χ3v) is 3.00. The molecule has 0 saturated carbocycles. The molecule has 1 aromatic heterocycles. The van der Waals surface area contributed by atoms with Gasteiger partial charge in [0.2, 0.25) is 0 Å². The molecule has 0 aliphatic rings. The lowest BCUT2D eigenvalue weighted by atomic mass is 10.1. The first kappa shape index (κ1) is 13.6. The Morgan fingerprint density at radius 3 is 2.79 bits per heavy atom. The standard InChI is InChI=1S/C16H20N2O/c1-12-6-7-16(15(11-12)13(2)17)19-10-8-14-5-3-4-9-18-14/h3-7,9,11,13H,8,10,17H2,1-2H3/t13-/m1/s1. The lowest BCUT2D eigenvalue weighted by Gasteiger charge is -2.14. The summed E-state index contributed by atoms with van der Waals surface area (Å²) in [5.41, 5.74) is 9.27. The van der Waals surface area contributed by atoms with Crippen LogP contribution in [-0.4, -0.2) is 11.6 Å². The molecule has 2 rings (SSSR count). The van der Waals surface area contributed by atoms with Gasteiger partial charge in [-0.1, -0.05) is 23.8 Å². The number of aromatic nitrogens is 1. The van der Waals surface area contributed by atoms with Crippen LogP contribution in [0.25, 0.3) is 0 Å². The molecule has 2 aromatic rings. The highest BCUT2D eigenvalue weighted by atomic mass is 16.5. The van der Waals surface area contributed by atoms with Crippen molar-refractivity contribution in [3.05, 3.63) is 59.4 Å². The van der Waals surface area contributed by atoms with Crippen LogP contribution in [0.5, 0.6) is 5.75 Å². The van der Waals surface area contributed by atoms with Crippen LogP contribution in [0, 0.1) is 6.92 Å². The van der Waals surface area contributed by atoms with Crippen LogP contribution in [0.1, 0.15) is 29.8 Å². The SMILES string of the molecule is Cc1ccc(OCCc2ccccn2)c([C@@H](C)N)c1. The zero-order valence-electron chi connectivity index (χ0n) is 11.5. The van der Waals surface area contributed by atoms with Gasteiger partial charge in [0.25, 0.3) is 0 Å². The zero-order chi connectivity index (χ0) is 13.7. The lowest BCUT2D eigenvalue weighted by Crippen LogP contribution is -2.10. The predicted octanol–water partition coefficient (Wildman–Crippen LogP) is 3.03. The van der Waals surface area contributed by atoms with Gasteiger partial charge in [0, 0.05) is 29.9 Å². The quantitative estimate of drug-likeness (QED) is 0.894. The molecule has 0 aliphatic heterocycles. The van der Waals surface area contributed by atoms with Crippen LogP contribution in [0.2, 0.25) is 0 Å². The summed E-state index contributed by atoms with van der Waals surface area (Å²) in [4.78, 5) is 4.28. The fourth-order valence-corrected chi connectivity index (χ4v) is 1.97. The van der Waals surface area contributed by atoms with Gasteiger partial charge >= 0.3 is 0 Å². The van der Waals surface area contributed by atoms with Gasteiger partial charge in [0.1, 0.15) is 5.75 Å². The molecule has 0 spiro atoms. The first-order valence-electron chi connectivity index (χ1n) is 6.55. The zero-order valence-corrected chi connectivity index (χ0v) is 11.5. The van der Waals surface area contributed by atoms with Gasteiger partial charge in [0.15, 0.2) is 0 Å². The van der Waals surface area contributed by atoms with Gasteiger partial charge < -0.3 is 10.5 Å². The number of nitrogens with two attached hydrogens (primary N) is 1. The van der Waals surface area contributed by atoms with Crippen molar-refractivity contribution in [3.63, 3.8) is 0 Å². The van der Waals surface area contributed by atoms with E-state index < -0.39 is 0 Å². The molecule has 1 aromatic carbocycles. The number of ether oxygens (including phenoxy) is 1. The van der Waals surface area contributed by atoms with E-state index in [1.54, 1.807) is 6.20 Å². The summed E-state index contributed by atoms with van der Waals surface area (Å²) in [6.07, 6.45) is 2.60. The minimum absolute atomic E-state index is 0.0234. The molecular formula is C16H20N2O. The Morgan fingerprint density at radius 2 is 2.11 bits per heavy atom. The van der Waals surface area contributed by atoms with E-state index in [1.165, 1.54) is 5.56 Å². The molecule has 0 fully saturated rings. The van der Waals surface area contributed by atoms with Gasteiger partial charge in [0.05, 0.1) is 6.61 Å². The summed E-state index contributed by atoms with van der Waals surface area (Å²) in [6.45, 7) is 4.64. The Balaban J connectivity index is 2.00. The van der Waals surface area contributed by atoms with Crippen molar-refractivity contribution in [2.45, 2.75) is 26.3 Å². The monoisotopic (exact) mass is 256 g/mol. The van der Waals surface area contributed by atoms with E-state index in [9.17, 15) is 0 Å². The summed E-state index contributed by atoms with van der Waals surface area (Å²) < 4.78 is 5.84. The molecule has 3 heteroatoms. The minimum Gasteiger partial charge on any atom is -0.493 e. The summed E-state index contributed by atoms with van der Waals surface area (Å²) >= 11 is 0. The van der Waals surface area contributed by atoms with Crippen molar-refractivity contribution in [3.8, 4) is 5.75 Å². The van der Waals surface area contributed by atoms with Gasteiger partial charge in [-0.3, -0.25) is 4.98 Å². The predicted molar refractivity (Wildman–Crippen MR) is 77.2 cm³/mol. The number of hydrogen-bond acceptors (Lipinski definition) is 3. The Hall–Kier alpha value is -1.87. The average Bonchev–Trinajstić information content (AvgIpc) is 2.41. The van der Waals surface area contributed by atoms with Gasteiger partial charge in [-0.25, -0.2) is 0 Å². The normalized spacial score (nSPS) is 12.2. The topological polar surface area (TPSA) is 48.1 Å².